The van der Waals surface area contributed by atoms with Crippen molar-refractivity contribution in [3.8, 4) is 11.1 Å². The van der Waals surface area contributed by atoms with Crippen molar-refractivity contribution < 1.29 is 4.42 Å². The van der Waals surface area contributed by atoms with Crippen molar-refractivity contribution in [2.24, 2.45) is 0 Å². The molecule has 0 atom stereocenters. The predicted molar refractivity (Wildman–Crippen MR) is 350 cm³/mol. The maximum absolute atomic E-state index is 7.26. The van der Waals surface area contributed by atoms with E-state index >= 15 is 0 Å². The Balaban J connectivity index is 1.25. The first-order chi connectivity index (χ1) is 37.8. The van der Waals surface area contributed by atoms with Gasteiger partial charge < -0.3 is 14.1 Å². The van der Waals surface area contributed by atoms with Crippen LogP contribution in [-0.4, -0.2) is 6.85 Å². The van der Waals surface area contributed by atoms with Crippen LogP contribution < -0.4 is 20.6 Å². The number of furan rings is 1. The van der Waals surface area contributed by atoms with Gasteiger partial charge in [-0.3, -0.25) is 0 Å². The zero-order valence-electron chi connectivity index (χ0n) is 52.3. The summed E-state index contributed by atoms with van der Waals surface area (Å²) in [6, 6.07) is 60.4. The van der Waals surface area contributed by atoms with Crippen LogP contribution in [0.2, 0.25) is 0 Å². The van der Waals surface area contributed by atoms with Crippen LogP contribution in [-0.2, 0) is 37.9 Å². The van der Waals surface area contributed by atoms with Crippen molar-refractivity contribution in [3.63, 3.8) is 0 Å². The second kappa shape index (κ2) is 18.4. The van der Waals surface area contributed by atoms with E-state index in [4.69, 9.17) is 4.42 Å². The molecule has 12 rings (SSSR count). The third kappa shape index (κ3) is 9.27. The molecule has 0 N–H and O–H groups in total. The van der Waals surface area contributed by atoms with Crippen molar-refractivity contribution in [3.05, 3.63) is 207 Å². The summed E-state index contributed by atoms with van der Waals surface area (Å²) < 4.78 is 7.26. The first-order valence-electron chi connectivity index (χ1n) is 30.2. The summed E-state index contributed by atoms with van der Waals surface area (Å²) in [5.41, 5.74) is 26.2. The molecular weight excluding hydrogens is 980 g/mol. The van der Waals surface area contributed by atoms with Gasteiger partial charge in [-0.1, -0.05) is 223 Å². The van der Waals surface area contributed by atoms with Crippen LogP contribution in [0.3, 0.4) is 0 Å². The Kier molecular flexibility index (Phi) is 12.4. The first-order valence-corrected chi connectivity index (χ1v) is 30.2. The van der Waals surface area contributed by atoms with Crippen molar-refractivity contribution in [2.45, 2.75) is 188 Å². The SMILES string of the molecule is CC(C)(C)c1ccc(C(c2ccc(C(C)(C)C)cc2)c2cc3c4c(c2)N(c2ccc(C(C)(C)C)cc2)c2ccc(C(C)(C)C)cc2B4N(c2ccc(C(C)(C)C)cc2)c2ccc4oc5cc6c(cc5c4c2-3)C(C)(C)CCC6(C)C)cc1. The molecule has 1 aliphatic carbocycles. The number of anilines is 5. The molecule has 3 nitrogen and oxygen atoms in total. The van der Waals surface area contributed by atoms with E-state index in [-0.39, 0.29) is 50.7 Å². The van der Waals surface area contributed by atoms with Crippen LogP contribution in [0.25, 0.3) is 33.1 Å². The summed E-state index contributed by atoms with van der Waals surface area (Å²) in [7, 11) is 0. The van der Waals surface area contributed by atoms with Gasteiger partial charge in [0.15, 0.2) is 0 Å². The lowest BCUT2D eigenvalue weighted by atomic mass is 9.43. The molecular formula is C77H87BN2O. The van der Waals surface area contributed by atoms with Gasteiger partial charge >= 0.3 is 6.85 Å². The molecule has 0 spiro atoms. The second-order valence-corrected chi connectivity index (χ2v) is 31.0. The molecule has 2 aliphatic heterocycles. The fraction of sp³-hybridized carbons (Fsp3) is 0.377. The van der Waals surface area contributed by atoms with Crippen LogP contribution in [0.15, 0.2) is 156 Å². The second-order valence-electron chi connectivity index (χ2n) is 31.0. The number of hydrogen-bond acceptors (Lipinski definition) is 3. The molecule has 0 fully saturated rings. The highest BCUT2D eigenvalue weighted by atomic mass is 16.3. The Bertz CT molecular complexity index is 3870. The largest absolute Gasteiger partial charge is 0.456 e. The van der Waals surface area contributed by atoms with Gasteiger partial charge in [-0.25, -0.2) is 0 Å². The third-order valence-corrected chi connectivity index (χ3v) is 19.1. The minimum absolute atomic E-state index is 0.00186. The van der Waals surface area contributed by atoms with Gasteiger partial charge in [0.05, 0.1) is 0 Å². The summed E-state index contributed by atoms with van der Waals surface area (Å²) in [5, 5.41) is 2.38. The maximum Gasteiger partial charge on any atom is 0.333 e. The fourth-order valence-corrected chi connectivity index (χ4v) is 13.8. The van der Waals surface area contributed by atoms with Gasteiger partial charge in [0, 0.05) is 50.7 Å². The molecule has 3 heterocycles. The Morgan fingerprint density at radius 1 is 0.420 bits per heavy atom. The third-order valence-electron chi connectivity index (χ3n) is 19.1. The van der Waals surface area contributed by atoms with Crippen LogP contribution in [0.5, 0.6) is 0 Å². The predicted octanol–water partition coefficient (Wildman–Crippen LogP) is 20.3. The quantitative estimate of drug-likeness (QED) is 0.126. The maximum atomic E-state index is 7.26. The molecule has 81 heavy (non-hydrogen) atoms. The van der Waals surface area contributed by atoms with E-state index in [1.54, 1.807) is 0 Å². The van der Waals surface area contributed by atoms with Gasteiger partial charge in [0.25, 0.3) is 0 Å². The highest BCUT2D eigenvalue weighted by molar-refractivity contribution is 6.93. The van der Waals surface area contributed by atoms with E-state index in [0.717, 1.165) is 29.7 Å². The normalized spacial score (nSPS) is 16.0. The number of benzene rings is 8. The lowest BCUT2D eigenvalue weighted by Crippen LogP contribution is -2.61. The van der Waals surface area contributed by atoms with Crippen LogP contribution in [0.1, 0.15) is 206 Å². The summed E-state index contributed by atoms with van der Waals surface area (Å²) in [4.78, 5) is 5.33. The smallest absolute Gasteiger partial charge is 0.333 e. The Hall–Kier alpha value is -6.78. The molecule has 4 heteroatoms. The minimum atomic E-state index is -0.168. The molecule has 3 aliphatic rings. The highest BCUT2D eigenvalue weighted by Crippen LogP contribution is 2.55. The van der Waals surface area contributed by atoms with Crippen molar-refractivity contribution in [1.29, 1.82) is 0 Å². The topological polar surface area (TPSA) is 19.6 Å². The van der Waals surface area contributed by atoms with Gasteiger partial charge in [0.1, 0.15) is 11.2 Å². The molecule has 8 aromatic carbocycles. The molecule has 0 saturated carbocycles. The van der Waals surface area contributed by atoms with Crippen molar-refractivity contribution in [2.75, 3.05) is 9.71 Å². The summed E-state index contributed by atoms with van der Waals surface area (Å²) in [6.45, 7) is 44.5. The van der Waals surface area contributed by atoms with Crippen LogP contribution >= 0.6 is 0 Å². The van der Waals surface area contributed by atoms with Crippen LogP contribution in [0, 0.1) is 0 Å². The average Bonchev–Trinajstić information content (AvgIpc) is 3.38. The fourth-order valence-electron chi connectivity index (χ4n) is 13.8. The van der Waals surface area contributed by atoms with Gasteiger partial charge in [-0.05, 0) is 184 Å². The van der Waals surface area contributed by atoms with Crippen molar-refractivity contribution in [1.82, 2.24) is 0 Å². The summed E-state index contributed by atoms with van der Waals surface area (Å²) in [5.74, 6) is -0.0791. The number of nitrogens with zero attached hydrogens (tertiary/aromatic N) is 2. The molecule has 0 amide bonds. The van der Waals surface area contributed by atoms with Crippen molar-refractivity contribution >= 4 is 68.1 Å². The zero-order chi connectivity index (χ0) is 57.9. The molecule has 1 aromatic heterocycles. The Labute approximate surface area is 486 Å². The number of rotatable bonds is 5. The highest BCUT2D eigenvalue weighted by Gasteiger charge is 2.47. The number of hydrogen-bond donors (Lipinski definition) is 0. The Morgan fingerprint density at radius 2 is 0.864 bits per heavy atom. The van der Waals surface area contributed by atoms with E-state index in [9.17, 15) is 0 Å². The van der Waals surface area contributed by atoms with Gasteiger partial charge in [-0.2, -0.15) is 0 Å². The average molecular weight is 1070 g/mol. The Morgan fingerprint density at radius 3 is 1.36 bits per heavy atom. The van der Waals surface area contributed by atoms with E-state index in [1.807, 2.05) is 0 Å². The molecule has 0 bridgehead atoms. The molecule has 0 saturated heterocycles. The van der Waals surface area contributed by atoms with E-state index < -0.39 is 0 Å². The van der Waals surface area contributed by atoms with Gasteiger partial charge in [0.2, 0.25) is 0 Å². The monoisotopic (exact) mass is 1070 g/mol. The van der Waals surface area contributed by atoms with Crippen LogP contribution in [0.4, 0.5) is 28.4 Å². The zero-order valence-corrected chi connectivity index (χ0v) is 52.3. The molecule has 414 valence electrons. The standard InChI is InChI=1S/C77H87BN2O/c1-71(2,3)50-24-20-47(21-25-50)67(48-22-26-51(27-23-48)72(4,5)6)49-42-58-68-63(38-39-65-69(68)57-45-59-60(46-66(57)81-65)77(18,19)41-40-76(59,16)17)80(56-35-30-53(31-36-56)74(10,11)12)78-61-44-54(75(13,14)15)32-37-62(61)79(64(43-49)70(58)78)55-33-28-52(29-34-55)73(7,8)9/h20-39,42-46,67H,40-41H2,1-19H3. The van der Waals surface area contributed by atoms with Gasteiger partial charge in [-0.15, -0.1) is 0 Å². The number of fused-ring (bicyclic) bond motifs is 9. The molecule has 0 unspecified atom stereocenters. The molecule has 0 radical (unpaired) electrons. The first kappa shape index (κ1) is 54.8. The lowest BCUT2D eigenvalue weighted by Gasteiger charge is -2.46. The van der Waals surface area contributed by atoms with E-state index in [1.165, 1.54) is 111 Å². The van der Waals surface area contributed by atoms with E-state index in [2.05, 4.69) is 293 Å². The lowest BCUT2D eigenvalue weighted by molar-refractivity contribution is 0.332. The summed E-state index contributed by atoms with van der Waals surface area (Å²) >= 11 is 0. The minimum Gasteiger partial charge on any atom is -0.456 e. The van der Waals surface area contributed by atoms with E-state index in [0.29, 0.717) is 0 Å². The molecule has 9 aromatic rings. The summed E-state index contributed by atoms with van der Waals surface area (Å²) in [6.07, 6.45) is 2.28.